The molecule has 2 unspecified atom stereocenters. The number of nitrogens with zero attached hydrogens (tertiary/aromatic N) is 2. The normalized spacial score (nSPS) is 23.2. The van der Waals surface area contributed by atoms with Crippen molar-refractivity contribution in [1.82, 2.24) is 15.1 Å². The van der Waals surface area contributed by atoms with Crippen LogP contribution in [-0.4, -0.2) is 22.9 Å². The van der Waals surface area contributed by atoms with Gasteiger partial charge < -0.3 is 5.32 Å². The van der Waals surface area contributed by atoms with Crippen molar-refractivity contribution in [3.05, 3.63) is 17.5 Å². The van der Waals surface area contributed by atoms with Crippen LogP contribution < -0.4 is 5.32 Å². The Morgan fingerprint density at radius 1 is 1.38 bits per heavy atom. The summed E-state index contributed by atoms with van der Waals surface area (Å²) in [5, 5.41) is 8.32. The van der Waals surface area contributed by atoms with Crippen LogP contribution in [0.4, 0.5) is 0 Å². The Morgan fingerprint density at radius 2 is 2.14 bits per heavy atom. The highest BCUT2D eigenvalue weighted by atomic mass is 15.3. The lowest BCUT2D eigenvalue weighted by molar-refractivity contribution is 0.100. The van der Waals surface area contributed by atoms with Crippen molar-refractivity contribution >= 4 is 0 Å². The van der Waals surface area contributed by atoms with Crippen LogP contribution in [0.3, 0.4) is 0 Å². The predicted octanol–water partition coefficient (Wildman–Crippen LogP) is 3.81. The molecule has 3 nitrogen and oxygen atoms in total. The average Bonchev–Trinajstić information content (AvgIpc) is 2.87. The molecule has 0 aromatic carbocycles. The van der Waals surface area contributed by atoms with Gasteiger partial charge in [0.1, 0.15) is 0 Å². The van der Waals surface area contributed by atoms with E-state index in [-0.39, 0.29) is 0 Å². The van der Waals surface area contributed by atoms with Gasteiger partial charge in [0.2, 0.25) is 0 Å². The number of aryl methyl sites for hydroxylation is 2. The van der Waals surface area contributed by atoms with Gasteiger partial charge in [0.15, 0.2) is 0 Å². The Morgan fingerprint density at radius 3 is 2.71 bits per heavy atom. The van der Waals surface area contributed by atoms with E-state index in [9.17, 15) is 0 Å². The standard InChI is InChI=1S/C18H33N3/c1-6-14-12-15(21(7-2)20-14)13-17(19-5)16-10-8-9-11-18(16,3)4/h12,16-17,19H,6-11,13H2,1-5H3. The van der Waals surface area contributed by atoms with Crippen molar-refractivity contribution in [2.45, 2.75) is 78.8 Å². The van der Waals surface area contributed by atoms with Crippen LogP contribution >= 0.6 is 0 Å². The monoisotopic (exact) mass is 291 g/mol. The molecule has 1 saturated carbocycles. The summed E-state index contributed by atoms with van der Waals surface area (Å²) in [6.07, 6.45) is 7.64. The zero-order valence-electron chi connectivity index (χ0n) is 14.6. The van der Waals surface area contributed by atoms with Crippen LogP contribution in [0.5, 0.6) is 0 Å². The van der Waals surface area contributed by atoms with E-state index in [1.165, 1.54) is 37.1 Å². The first-order valence-corrected chi connectivity index (χ1v) is 8.74. The quantitative estimate of drug-likeness (QED) is 0.863. The van der Waals surface area contributed by atoms with Gasteiger partial charge in [-0.05, 0) is 50.6 Å². The fraction of sp³-hybridized carbons (Fsp3) is 0.833. The molecule has 1 N–H and O–H groups in total. The molecular weight excluding hydrogens is 258 g/mol. The smallest absolute Gasteiger partial charge is 0.0624 e. The van der Waals surface area contributed by atoms with E-state index in [4.69, 9.17) is 5.10 Å². The van der Waals surface area contributed by atoms with E-state index >= 15 is 0 Å². The summed E-state index contributed by atoms with van der Waals surface area (Å²) >= 11 is 0. The van der Waals surface area contributed by atoms with Crippen LogP contribution in [-0.2, 0) is 19.4 Å². The molecule has 3 heteroatoms. The Balaban J connectivity index is 2.16. The minimum absolute atomic E-state index is 0.455. The molecule has 1 fully saturated rings. The van der Waals surface area contributed by atoms with Gasteiger partial charge in [-0.1, -0.05) is 33.6 Å². The maximum Gasteiger partial charge on any atom is 0.0624 e. The minimum atomic E-state index is 0.455. The topological polar surface area (TPSA) is 29.9 Å². The molecule has 1 aromatic heterocycles. The summed E-state index contributed by atoms with van der Waals surface area (Å²) in [6.45, 7) is 10.3. The van der Waals surface area contributed by atoms with Crippen molar-refractivity contribution in [1.29, 1.82) is 0 Å². The van der Waals surface area contributed by atoms with Crippen LogP contribution in [0.15, 0.2) is 6.07 Å². The SMILES string of the molecule is CCc1cc(CC(NC)C2CCCCC2(C)C)n(CC)n1. The van der Waals surface area contributed by atoms with Gasteiger partial charge >= 0.3 is 0 Å². The Kier molecular flexibility index (Phi) is 5.48. The van der Waals surface area contributed by atoms with E-state index in [1.807, 2.05) is 0 Å². The van der Waals surface area contributed by atoms with Crippen LogP contribution in [0.25, 0.3) is 0 Å². The maximum absolute atomic E-state index is 4.70. The lowest BCUT2D eigenvalue weighted by Gasteiger charge is -2.43. The first-order valence-electron chi connectivity index (χ1n) is 8.74. The van der Waals surface area contributed by atoms with E-state index in [1.54, 1.807) is 0 Å². The maximum atomic E-state index is 4.70. The Labute approximate surface area is 130 Å². The van der Waals surface area contributed by atoms with Gasteiger partial charge in [-0.2, -0.15) is 5.10 Å². The van der Waals surface area contributed by atoms with Gasteiger partial charge in [-0.25, -0.2) is 0 Å². The minimum Gasteiger partial charge on any atom is -0.316 e. The van der Waals surface area contributed by atoms with Crippen LogP contribution in [0.1, 0.15) is 64.8 Å². The number of aromatic nitrogens is 2. The molecule has 0 aliphatic heterocycles. The lowest BCUT2D eigenvalue weighted by atomic mass is 9.65. The summed E-state index contributed by atoms with van der Waals surface area (Å²) in [5.74, 6) is 0.765. The molecule has 120 valence electrons. The first kappa shape index (κ1) is 16.5. The average molecular weight is 291 g/mol. The second-order valence-corrected chi connectivity index (χ2v) is 7.24. The van der Waals surface area contributed by atoms with Crippen molar-refractivity contribution in [2.75, 3.05) is 7.05 Å². The van der Waals surface area contributed by atoms with Crippen molar-refractivity contribution in [3.8, 4) is 0 Å². The van der Waals surface area contributed by atoms with E-state index in [2.05, 4.69) is 50.8 Å². The highest BCUT2D eigenvalue weighted by molar-refractivity contribution is 5.13. The molecule has 0 saturated heterocycles. The van der Waals surface area contributed by atoms with Gasteiger partial charge in [0.25, 0.3) is 0 Å². The molecule has 0 spiro atoms. The largest absolute Gasteiger partial charge is 0.316 e. The summed E-state index contributed by atoms with van der Waals surface area (Å²) in [5.41, 5.74) is 3.08. The fourth-order valence-corrected chi connectivity index (χ4v) is 4.06. The molecule has 0 amide bonds. The summed E-state index contributed by atoms with van der Waals surface area (Å²) in [4.78, 5) is 0. The summed E-state index contributed by atoms with van der Waals surface area (Å²) in [7, 11) is 2.13. The Hall–Kier alpha value is -0.830. The molecule has 1 aromatic rings. The highest BCUT2D eigenvalue weighted by Gasteiger charge is 2.37. The molecule has 1 heterocycles. The lowest BCUT2D eigenvalue weighted by Crippen LogP contribution is -2.45. The number of rotatable bonds is 6. The molecule has 2 atom stereocenters. The molecule has 1 aliphatic rings. The van der Waals surface area contributed by atoms with Gasteiger partial charge in [-0.15, -0.1) is 0 Å². The number of hydrogen-bond donors (Lipinski definition) is 1. The molecule has 2 rings (SSSR count). The number of nitrogens with one attached hydrogen (secondary N) is 1. The predicted molar refractivity (Wildman–Crippen MR) is 89.6 cm³/mol. The van der Waals surface area contributed by atoms with Crippen molar-refractivity contribution in [2.24, 2.45) is 11.3 Å². The second kappa shape index (κ2) is 6.95. The molecule has 0 bridgehead atoms. The van der Waals surface area contributed by atoms with Crippen molar-refractivity contribution in [3.63, 3.8) is 0 Å². The molecular formula is C18H33N3. The number of hydrogen-bond acceptors (Lipinski definition) is 2. The zero-order chi connectivity index (χ0) is 15.5. The number of likely N-dealkylation sites (N-methyl/N-ethyl adjacent to an activating group) is 1. The Bertz CT molecular complexity index is 447. The van der Waals surface area contributed by atoms with E-state index in [0.717, 1.165) is 25.3 Å². The van der Waals surface area contributed by atoms with Gasteiger partial charge in [0.05, 0.1) is 5.69 Å². The zero-order valence-corrected chi connectivity index (χ0v) is 14.6. The van der Waals surface area contributed by atoms with Crippen LogP contribution in [0.2, 0.25) is 0 Å². The summed E-state index contributed by atoms with van der Waals surface area (Å²) < 4.78 is 2.19. The third-order valence-electron chi connectivity index (χ3n) is 5.45. The van der Waals surface area contributed by atoms with Gasteiger partial charge in [0, 0.05) is 24.7 Å². The van der Waals surface area contributed by atoms with E-state index in [0.29, 0.717) is 11.5 Å². The first-order chi connectivity index (χ1) is 10.0. The van der Waals surface area contributed by atoms with Crippen molar-refractivity contribution < 1.29 is 0 Å². The van der Waals surface area contributed by atoms with Crippen LogP contribution in [0, 0.1) is 11.3 Å². The fourth-order valence-electron chi connectivity index (χ4n) is 4.06. The third kappa shape index (κ3) is 3.68. The van der Waals surface area contributed by atoms with E-state index < -0.39 is 0 Å². The highest BCUT2D eigenvalue weighted by Crippen LogP contribution is 2.42. The van der Waals surface area contributed by atoms with Gasteiger partial charge in [-0.3, -0.25) is 4.68 Å². The molecule has 0 radical (unpaired) electrons. The second-order valence-electron chi connectivity index (χ2n) is 7.24. The molecule has 1 aliphatic carbocycles. The summed E-state index contributed by atoms with van der Waals surface area (Å²) in [6, 6.07) is 2.87. The third-order valence-corrected chi connectivity index (χ3v) is 5.45. The molecule has 21 heavy (non-hydrogen) atoms.